The molecule has 6 heteroatoms. The topological polar surface area (TPSA) is 26.0 Å². The summed E-state index contributed by atoms with van der Waals surface area (Å²) in [7, 11) is 0. The molecule has 1 aromatic rings. The zero-order valence-corrected chi connectivity index (χ0v) is 8.95. The molecule has 0 heterocycles. The average Bonchev–Trinajstić information content (AvgIpc) is 2.08. The second-order valence-corrected chi connectivity index (χ2v) is 3.93. The van der Waals surface area contributed by atoms with Crippen molar-refractivity contribution in [2.75, 3.05) is 0 Å². The summed E-state index contributed by atoms with van der Waals surface area (Å²) in [4.78, 5) is 0. The maximum absolute atomic E-state index is 12.8. The third kappa shape index (κ3) is 4.37. The van der Waals surface area contributed by atoms with Crippen LogP contribution in [0.25, 0.3) is 0 Å². The van der Waals surface area contributed by atoms with Gasteiger partial charge in [-0.25, -0.2) is 4.39 Å². The van der Waals surface area contributed by atoms with Gasteiger partial charge in [0.25, 0.3) is 0 Å². The van der Waals surface area contributed by atoms with Gasteiger partial charge in [0.15, 0.2) is 0 Å². The van der Waals surface area contributed by atoms with E-state index < -0.39 is 24.5 Å². The van der Waals surface area contributed by atoms with Crippen molar-refractivity contribution in [2.45, 2.75) is 25.1 Å². The van der Waals surface area contributed by atoms with Gasteiger partial charge in [-0.3, -0.25) is 0 Å². The van der Waals surface area contributed by atoms with Crippen LogP contribution in [0.15, 0.2) is 18.2 Å². The Morgan fingerprint density at radius 3 is 2.50 bits per heavy atom. The summed E-state index contributed by atoms with van der Waals surface area (Å²) in [5.74, 6) is -0.543. The third-order valence-electron chi connectivity index (χ3n) is 1.98. The molecule has 2 N–H and O–H groups in total. The Hall–Kier alpha value is -0.810. The summed E-state index contributed by atoms with van der Waals surface area (Å²) in [5, 5.41) is 0.221. The molecule has 1 atom stereocenters. The standard InChI is InChI=1S/C10H10ClF4N/c11-9-2-1-7(12)3-6(9)4-8(16)5-10(13,14)15/h1-3,8H,4-5,16H2. The molecule has 0 aliphatic rings. The number of alkyl halides is 3. The number of rotatable bonds is 3. The Balaban J connectivity index is 2.69. The highest BCUT2D eigenvalue weighted by Crippen LogP contribution is 2.24. The van der Waals surface area contributed by atoms with Gasteiger partial charge in [-0.05, 0) is 30.2 Å². The average molecular weight is 256 g/mol. The van der Waals surface area contributed by atoms with E-state index in [-0.39, 0.29) is 11.4 Å². The lowest BCUT2D eigenvalue weighted by atomic mass is 10.0. The van der Waals surface area contributed by atoms with Crippen molar-refractivity contribution in [1.82, 2.24) is 0 Å². The quantitative estimate of drug-likeness (QED) is 0.824. The monoisotopic (exact) mass is 255 g/mol. The van der Waals surface area contributed by atoms with Crippen LogP contribution in [0.2, 0.25) is 5.02 Å². The minimum Gasteiger partial charge on any atom is -0.327 e. The highest BCUT2D eigenvalue weighted by atomic mass is 35.5. The lowest BCUT2D eigenvalue weighted by molar-refractivity contribution is -0.138. The molecule has 90 valence electrons. The van der Waals surface area contributed by atoms with Crippen LogP contribution >= 0.6 is 11.6 Å². The maximum atomic E-state index is 12.8. The minimum absolute atomic E-state index is 0.101. The number of halogens is 5. The molecule has 16 heavy (non-hydrogen) atoms. The van der Waals surface area contributed by atoms with E-state index in [0.29, 0.717) is 5.56 Å². The lowest BCUT2D eigenvalue weighted by Gasteiger charge is -2.14. The molecule has 0 amide bonds. The molecule has 0 bridgehead atoms. The largest absolute Gasteiger partial charge is 0.390 e. The van der Waals surface area contributed by atoms with Crippen LogP contribution in [0, 0.1) is 5.82 Å². The fourth-order valence-electron chi connectivity index (χ4n) is 1.35. The Kier molecular flexibility index (Phi) is 4.15. The smallest absolute Gasteiger partial charge is 0.327 e. The molecule has 0 saturated heterocycles. The summed E-state index contributed by atoms with van der Waals surface area (Å²) in [5.41, 5.74) is 5.60. The van der Waals surface area contributed by atoms with Gasteiger partial charge in [-0.15, -0.1) is 0 Å². The molecule has 1 unspecified atom stereocenters. The summed E-state index contributed by atoms with van der Waals surface area (Å²) in [6.45, 7) is 0. The highest BCUT2D eigenvalue weighted by Gasteiger charge is 2.30. The maximum Gasteiger partial charge on any atom is 0.390 e. The van der Waals surface area contributed by atoms with E-state index in [4.69, 9.17) is 17.3 Å². The van der Waals surface area contributed by atoms with Crippen LogP contribution in [-0.2, 0) is 6.42 Å². The van der Waals surface area contributed by atoms with Crippen molar-refractivity contribution in [3.63, 3.8) is 0 Å². The van der Waals surface area contributed by atoms with E-state index >= 15 is 0 Å². The van der Waals surface area contributed by atoms with Gasteiger partial charge < -0.3 is 5.73 Å². The first-order chi connectivity index (χ1) is 7.28. The van der Waals surface area contributed by atoms with Crippen LogP contribution in [0.5, 0.6) is 0 Å². The van der Waals surface area contributed by atoms with Crippen molar-refractivity contribution < 1.29 is 17.6 Å². The molecule has 1 rings (SSSR count). The summed E-state index contributed by atoms with van der Waals surface area (Å²) in [6, 6.07) is 2.42. The van der Waals surface area contributed by atoms with E-state index in [0.717, 1.165) is 12.1 Å². The first-order valence-corrected chi connectivity index (χ1v) is 4.92. The predicted octanol–water partition coefficient (Wildman–Crippen LogP) is 3.30. The van der Waals surface area contributed by atoms with Gasteiger partial charge in [0.05, 0.1) is 6.42 Å². The fourth-order valence-corrected chi connectivity index (χ4v) is 1.55. The molecular weight excluding hydrogens is 246 g/mol. The first kappa shape index (κ1) is 13.3. The normalized spacial score (nSPS) is 13.9. The molecule has 0 radical (unpaired) electrons. The Labute approximate surface area is 95.2 Å². The number of benzene rings is 1. The molecule has 1 aromatic carbocycles. The van der Waals surface area contributed by atoms with Gasteiger partial charge in [0, 0.05) is 11.1 Å². The fraction of sp³-hybridized carbons (Fsp3) is 0.400. The molecule has 0 fully saturated rings. The van der Waals surface area contributed by atoms with Crippen molar-refractivity contribution in [2.24, 2.45) is 5.73 Å². The van der Waals surface area contributed by atoms with Gasteiger partial charge in [-0.1, -0.05) is 11.6 Å². The van der Waals surface area contributed by atoms with Crippen LogP contribution in [-0.4, -0.2) is 12.2 Å². The number of hydrogen-bond acceptors (Lipinski definition) is 1. The summed E-state index contributed by atoms with van der Waals surface area (Å²) in [6.07, 6.45) is -5.53. The predicted molar refractivity (Wildman–Crippen MR) is 53.8 cm³/mol. The highest BCUT2D eigenvalue weighted by molar-refractivity contribution is 6.31. The Bertz CT molecular complexity index is 364. The summed E-state index contributed by atoms with van der Waals surface area (Å²) >= 11 is 5.71. The van der Waals surface area contributed by atoms with Gasteiger partial charge in [0.1, 0.15) is 5.82 Å². The van der Waals surface area contributed by atoms with Gasteiger partial charge in [-0.2, -0.15) is 13.2 Å². The number of hydrogen-bond donors (Lipinski definition) is 1. The number of nitrogens with two attached hydrogens (primary N) is 1. The van der Waals surface area contributed by atoms with Crippen molar-refractivity contribution in [3.05, 3.63) is 34.6 Å². The zero-order chi connectivity index (χ0) is 12.3. The van der Waals surface area contributed by atoms with Crippen LogP contribution in [0.3, 0.4) is 0 Å². The molecule has 0 aliphatic heterocycles. The van der Waals surface area contributed by atoms with Crippen LogP contribution < -0.4 is 5.73 Å². The van der Waals surface area contributed by atoms with E-state index in [1.165, 1.54) is 6.07 Å². The molecular formula is C10H10ClF4N. The SMILES string of the molecule is NC(Cc1cc(F)ccc1Cl)CC(F)(F)F. The van der Waals surface area contributed by atoms with Crippen molar-refractivity contribution >= 4 is 11.6 Å². The second kappa shape index (κ2) is 5.01. The van der Waals surface area contributed by atoms with E-state index in [1.807, 2.05) is 0 Å². The van der Waals surface area contributed by atoms with Crippen molar-refractivity contribution in [1.29, 1.82) is 0 Å². The van der Waals surface area contributed by atoms with Gasteiger partial charge >= 0.3 is 6.18 Å². The second-order valence-electron chi connectivity index (χ2n) is 3.52. The summed E-state index contributed by atoms with van der Waals surface area (Å²) < 4.78 is 48.8. The molecule has 0 aromatic heterocycles. The molecule has 0 spiro atoms. The Morgan fingerprint density at radius 2 is 1.94 bits per heavy atom. The zero-order valence-electron chi connectivity index (χ0n) is 8.19. The third-order valence-corrected chi connectivity index (χ3v) is 2.35. The Morgan fingerprint density at radius 1 is 1.31 bits per heavy atom. The van der Waals surface area contributed by atoms with Gasteiger partial charge in [0.2, 0.25) is 0 Å². The van der Waals surface area contributed by atoms with Crippen LogP contribution in [0.1, 0.15) is 12.0 Å². The van der Waals surface area contributed by atoms with Crippen LogP contribution in [0.4, 0.5) is 17.6 Å². The van der Waals surface area contributed by atoms with E-state index in [9.17, 15) is 17.6 Å². The molecule has 0 saturated carbocycles. The minimum atomic E-state index is -4.32. The van der Waals surface area contributed by atoms with E-state index in [1.54, 1.807) is 0 Å². The molecule has 0 aliphatic carbocycles. The first-order valence-electron chi connectivity index (χ1n) is 4.54. The van der Waals surface area contributed by atoms with Crippen molar-refractivity contribution in [3.8, 4) is 0 Å². The van der Waals surface area contributed by atoms with E-state index in [2.05, 4.69) is 0 Å². The lowest BCUT2D eigenvalue weighted by Crippen LogP contribution is -2.29. The molecule has 1 nitrogen and oxygen atoms in total.